The summed E-state index contributed by atoms with van der Waals surface area (Å²) < 4.78 is 0. The molecule has 1 atom stereocenters. The predicted molar refractivity (Wildman–Crippen MR) is 78.4 cm³/mol. The van der Waals surface area contributed by atoms with Crippen LogP contribution in [-0.4, -0.2) is 11.9 Å². The van der Waals surface area contributed by atoms with E-state index in [1.165, 1.54) is 0 Å². The first-order valence-electron chi connectivity index (χ1n) is 6.39. The van der Waals surface area contributed by atoms with E-state index in [-0.39, 0.29) is 6.17 Å². The number of fused-ring (bicyclic) bond motifs is 3. The Morgan fingerprint density at radius 2 is 1.74 bits per heavy atom. The molecule has 4 heteroatoms. The minimum absolute atomic E-state index is 0.123. The van der Waals surface area contributed by atoms with Gasteiger partial charge in [-0.25, -0.2) is 5.01 Å². The molecule has 0 aromatic heterocycles. The van der Waals surface area contributed by atoms with Crippen molar-refractivity contribution in [2.24, 2.45) is 5.10 Å². The van der Waals surface area contributed by atoms with Crippen molar-refractivity contribution in [2.45, 2.75) is 13.1 Å². The van der Waals surface area contributed by atoms with Gasteiger partial charge < -0.3 is 5.32 Å². The molecule has 1 unspecified atom stereocenters. The fraction of sp³-hybridized carbons (Fsp3) is 0.133. The van der Waals surface area contributed by atoms with Crippen LogP contribution in [0.15, 0.2) is 59.7 Å². The smallest absolute Gasteiger partial charge is 0.162 e. The Labute approximate surface area is 111 Å². The molecule has 2 aliphatic rings. The number of hydrogen-bond donors (Lipinski definition) is 1. The van der Waals surface area contributed by atoms with Crippen LogP contribution in [0.5, 0.6) is 0 Å². The molecule has 0 aliphatic carbocycles. The highest BCUT2D eigenvalue weighted by Gasteiger charge is 2.39. The third-order valence-corrected chi connectivity index (χ3v) is 3.53. The van der Waals surface area contributed by atoms with Crippen LogP contribution in [0, 0.1) is 0 Å². The third-order valence-electron chi connectivity index (χ3n) is 3.53. The predicted octanol–water partition coefficient (Wildman–Crippen LogP) is 3.06. The number of para-hydroxylation sites is 3. The van der Waals surface area contributed by atoms with Crippen LogP contribution in [-0.2, 0) is 0 Å². The van der Waals surface area contributed by atoms with E-state index in [1.807, 2.05) is 29.4 Å². The van der Waals surface area contributed by atoms with Crippen LogP contribution < -0.4 is 15.4 Å². The van der Waals surface area contributed by atoms with Crippen LogP contribution in [0.25, 0.3) is 0 Å². The van der Waals surface area contributed by atoms with E-state index in [9.17, 15) is 0 Å². The molecule has 4 nitrogen and oxygen atoms in total. The van der Waals surface area contributed by atoms with Gasteiger partial charge in [0.05, 0.1) is 22.8 Å². The van der Waals surface area contributed by atoms with E-state index < -0.39 is 0 Å². The summed E-state index contributed by atoms with van der Waals surface area (Å²) in [4.78, 5) is 0. The SMILES string of the molecule is CC1=NN(c2ccccc2)N2c3ccccc3NC12. The number of hydrazine groups is 1. The zero-order chi connectivity index (χ0) is 12.8. The standard InChI is InChI=1S/C15H14N4/c1-11-15-16-13-9-5-6-10-14(13)18(15)19(17-11)12-7-3-2-4-8-12/h2-10,15-16H,1H3. The number of nitrogens with zero attached hydrogens (tertiary/aromatic N) is 3. The Hall–Kier alpha value is -2.49. The van der Waals surface area contributed by atoms with E-state index in [1.54, 1.807) is 0 Å². The molecule has 19 heavy (non-hydrogen) atoms. The molecule has 2 aromatic carbocycles. The fourth-order valence-electron chi connectivity index (χ4n) is 2.63. The van der Waals surface area contributed by atoms with Gasteiger partial charge in [-0.05, 0) is 31.2 Å². The second kappa shape index (κ2) is 3.75. The number of nitrogens with one attached hydrogen (secondary N) is 1. The van der Waals surface area contributed by atoms with Gasteiger partial charge in [-0.2, -0.15) is 10.2 Å². The molecule has 94 valence electrons. The molecule has 2 aromatic rings. The zero-order valence-electron chi connectivity index (χ0n) is 10.6. The summed E-state index contributed by atoms with van der Waals surface area (Å²) in [5, 5.41) is 12.3. The fourth-order valence-corrected chi connectivity index (χ4v) is 2.63. The number of anilines is 3. The number of hydrogen-bond acceptors (Lipinski definition) is 4. The van der Waals surface area contributed by atoms with Crippen molar-refractivity contribution >= 4 is 22.8 Å². The average Bonchev–Trinajstić information content (AvgIpc) is 2.98. The summed E-state index contributed by atoms with van der Waals surface area (Å²) in [6, 6.07) is 18.5. The summed E-state index contributed by atoms with van der Waals surface area (Å²) in [6.45, 7) is 2.06. The highest BCUT2D eigenvalue weighted by molar-refractivity contribution is 6.01. The van der Waals surface area contributed by atoms with Gasteiger partial charge in [-0.3, -0.25) is 0 Å². The molecular weight excluding hydrogens is 236 g/mol. The summed E-state index contributed by atoms with van der Waals surface area (Å²) in [5.41, 5.74) is 4.46. The van der Waals surface area contributed by atoms with Crippen molar-refractivity contribution in [3.8, 4) is 0 Å². The first kappa shape index (κ1) is 10.4. The van der Waals surface area contributed by atoms with Gasteiger partial charge in [0.25, 0.3) is 0 Å². The molecule has 0 saturated carbocycles. The first-order valence-corrected chi connectivity index (χ1v) is 6.39. The van der Waals surface area contributed by atoms with Crippen molar-refractivity contribution in [1.82, 2.24) is 0 Å². The molecule has 0 amide bonds. The largest absolute Gasteiger partial charge is 0.357 e. The summed E-state index contributed by atoms with van der Waals surface area (Å²) in [6.07, 6.45) is 0.123. The lowest BCUT2D eigenvalue weighted by Gasteiger charge is -2.28. The zero-order valence-corrected chi connectivity index (χ0v) is 10.6. The molecule has 1 N–H and O–H groups in total. The van der Waals surface area contributed by atoms with Crippen molar-refractivity contribution in [3.05, 3.63) is 54.6 Å². The molecular formula is C15H14N4. The molecule has 0 spiro atoms. The first-order chi connectivity index (χ1) is 9.34. The molecule has 0 radical (unpaired) electrons. The van der Waals surface area contributed by atoms with E-state index in [2.05, 4.69) is 52.7 Å². The van der Waals surface area contributed by atoms with Gasteiger partial charge in [0.1, 0.15) is 0 Å². The number of hydrazone groups is 1. The molecule has 0 bridgehead atoms. The van der Waals surface area contributed by atoms with Crippen LogP contribution >= 0.6 is 0 Å². The quantitative estimate of drug-likeness (QED) is 0.844. The van der Waals surface area contributed by atoms with Crippen LogP contribution in [0.2, 0.25) is 0 Å². The summed E-state index contributed by atoms with van der Waals surface area (Å²) in [5.74, 6) is 0. The minimum Gasteiger partial charge on any atom is -0.357 e. The van der Waals surface area contributed by atoms with Crippen molar-refractivity contribution < 1.29 is 0 Å². The molecule has 2 aliphatic heterocycles. The number of benzene rings is 2. The Kier molecular flexibility index (Phi) is 2.06. The highest BCUT2D eigenvalue weighted by Crippen LogP contribution is 2.40. The maximum Gasteiger partial charge on any atom is 0.162 e. The lowest BCUT2D eigenvalue weighted by Crippen LogP contribution is -2.43. The monoisotopic (exact) mass is 250 g/mol. The van der Waals surface area contributed by atoms with Crippen LogP contribution in [0.3, 0.4) is 0 Å². The lowest BCUT2D eigenvalue weighted by molar-refractivity contribution is 0.803. The molecule has 4 rings (SSSR count). The van der Waals surface area contributed by atoms with Crippen molar-refractivity contribution in [2.75, 3.05) is 15.4 Å². The third kappa shape index (κ3) is 1.43. The Balaban J connectivity index is 1.82. The van der Waals surface area contributed by atoms with Gasteiger partial charge in [-0.15, -0.1) is 0 Å². The summed E-state index contributed by atoms with van der Waals surface area (Å²) >= 11 is 0. The second-order valence-electron chi connectivity index (χ2n) is 4.77. The van der Waals surface area contributed by atoms with Gasteiger partial charge >= 0.3 is 0 Å². The van der Waals surface area contributed by atoms with Crippen molar-refractivity contribution in [1.29, 1.82) is 0 Å². The van der Waals surface area contributed by atoms with Crippen LogP contribution in [0.4, 0.5) is 17.1 Å². The molecule has 2 heterocycles. The maximum atomic E-state index is 4.66. The number of rotatable bonds is 1. The normalized spacial score (nSPS) is 19.8. The topological polar surface area (TPSA) is 30.9 Å². The minimum atomic E-state index is 0.123. The van der Waals surface area contributed by atoms with E-state index >= 15 is 0 Å². The Morgan fingerprint density at radius 1 is 1.00 bits per heavy atom. The van der Waals surface area contributed by atoms with Crippen LogP contribution in [0.1, 0.15) is 6.92 Å². The van der Waals surface area contributed by atoms with Gasteiger partial charge in [0.15, 0.2) is 6.17 Å². The van der Waals surface area contributed by atoms with Gasteiger partial charge in [-0.1, -0.05) is 30.3 Å². The van der Waals surface area contributed by atoms with E-state index in [4.69, 9.17) is 0 Å². The molecule has 0 fully saturated rings. The maximum absolute atomic E-state index is 4.66. The lowest BCUT2D eigenvalue weighted by atomic mass is 10.3. The molecule has 0 saturated heterocycles. The van der Waals surface area contributed by atoms with Crippen molar-refractivity contribution in [3.63, 3.8) is 0 Å². The Bertz CT molecular complexity index is 650. The van der Waals surface area contributed by atoms with Gasteiger partial charge in [0, 0.05) is 0 Å². The van der Waals surface area contributed by atoms with E-state index in [0.717, 1.165) is 22.8 Å². The highest BCUT2D eigenvalue weighted by atomic mass is 15.8. The van der Waals surface area contributed by atoms with E-state index in [0.29, 0.717) is 0 Å². The Morgan fingerprint density at radius 3 is 2.58 bits per heavy atom. The summed E-state index contributed by atoms with van der Waals surface area (Å²) in [7, 11) is 0. The van der Waals surface area contributed by atoms with Gasteiger partial charge in [0.2, 0.25) is 0 Å². The average molecular weight is 250 g/mol. The second-order valence-corrected chi connectivity index (χ2v) is 4.77.